The fourth-order valence-corrected chi connectivity index (χ4v) is 5.64. The molecule has 0 bridgehead atoms. The van der Waals surface area contributed by atoms with Gasteiger partial charge in [0.15, 0.2) is 0 Å². The molecule has 3 N–H and O–H groups in total. The summed E-state index contributed by atoms with van der Waals surface area (Å²) in [7, 11) is 0. The fraction of sp³-hybridized carbons (Fsp3) is 0.312. The van der Waals surface area contributed by atoms with Crippen LogP contribution in [0.2, 0.25) is 10.0 Å². The Bertz CT molecular complexity index is 1480. The number of piperidine rings is 1. The molecule has 0 unspecified atom stereocenters. The van der Waals surface area contributed by atoms with Gasteiger partial charge < -0.3 is 20.6 Å². The lowest BCUT2D eigenvalue weighted by atomic mass is 9.84. The van der Waals surface area contributed by atoms with Crippen LogP contribution in [-0.4, -0.2) is 64.1 Å². The molecule has 0 saturated carbocycles. The molecule has 1 aliphatic heterocycles. The Morgan fingerprint density at radius 1 is 0.881 bits per heavy atom. The highest BCUT2D eigenvalue weighted by atomic mass is 35.5. The molecule has 1 saturated heterocycles. The maximum absolute atomic E-state index is 12.6. The lowest BCUT2D eigenvalue weighted by Crippen LogP contribution is -2.42. The summed E-state index contributed by atoms with van der Waals surface area (Å²) in [6.45, 7) is 1.30. The molecular formula is C32H33Cl2N5O3. The second kappa shape index (κ2) is 14.0. The van der Waals surface area contributed by atoms with Crippen LogP contribution in [0, 0.1) is 0 Å². The summed E-state index contributed by atoms with van der Waals surface area (Å²) < 4.78 is 0. The van der Waals surface area contributed by atoms with Crippen molar-refractivity contribution in [2.45, 2.75) is 37.6 Å². The van der Waals surface area contributed by atoms with E-state index in [1.54, 1.807) is 6.33 Å². The van der Waals surface area contributed by atoms with E-state index in [2.05, 4.69) is 32.7 Å². The minimum absolute atomic E-state index is 0.0276. The number of carbonyl (C=O) groups excluding carboxylic acids is 2. The smallest absolute Gasteiger partial charge is 0.223 e. The first-order chi connectivity index (χ1) is 20.4. The van der Waals surface area contributed by atoms with Gasteiger partial charge in [-0.05, 0) is 65.9 Å². The number of hydrogen-bond donors (Lipinski definition) is 3. The number of benzene rings is 3. The molecule has 0 atom stereocenters. The highest BCUT2D eigenvalue weighted by molar-refractivity contribution is 6.30. The van der Waals surface area contributed by atoms with Gasteiger partial charge in [0.1, 0.15) is 12.1 Å². The molecule has 1 aromatic heterocycles. The van der Waals surface area contributed by atoms with Gasteiger partial charge in [-0.2, -0.15) is 0 Å². The van der Waals surface area contributed by atoms with Crippen LogP contribution < -0.4 is 10.6 Å². The molecule has 2 amide bonds. The summed E-state index contributed by atoms with van der Waals surface area (Å²) in [5.74, 6) is 0.466. The van der Waals surface area contributed by atoms with Crippen molar-refractivity contribution in [1.29, 1.82) is 0 Å². The van der Waals surface area contributed by atoms with Gasteiger partial charge in [-0.3, -0.25) is 9.59 Å². The number of carbonyl (C=O) groups is 2. The molecular weight excluding hydrogens is 573 g/mol. The molecule has 0 aliphatic carbocycles. The van der Waals surface area contributed by atoms with E-state index < -0.39 is 0 Å². The molecule has 42 heavy (non-hydrogen) atoms. The van der Waals surface area contributed by atoms with Crippen molar-refractivity contribution in [2.24, 2.45) is 0 Å². The van der Waals surface area contributed by atoms with Crippen LogP contribution in [0.4, 0.5) is 5.82 Å². The van der Waals surface area contributed by atoms with Gasteiger partial charge in [-0.1, -0.05) is 53.5 Å². The van der Waals surface area contributed by atoms with E-state index in [1.165, 1.54) is 0 Å². The van der Waals surface area contributed by atoms with Crippen LogP contribution in [0.5, 0.6) is 0 Å². The van der Waals surface area contributed by atoms with Crippen molar-refractivity contribution in [3.05, 3.63) is 99.8 Å². The fourth-order valence-electron chi connectivity index (χ4n) is 5.39. The Morgan fingerprint density at radius 3 is 2.12 bits per heavy atom. The Morgan fingerprint density at radius 2 is 1.50 bits per heavy atom. The Hall–Kier alpha value is -3.72. The molecule has 3 aromatic carbocycles. The number of nitrogens with one attached hydrogen (secondary N) is 2. The third-order valence-corrected chi connectivity index (χ3v) is 8.09. The van der Waals surface area contributed by atoms with Crippen molar-refractivity contribution in [1.82, 2.24) is 20.2 Å². The number of amides is 2. The van der Waals surface area contributed by atoms with Gasteiger partial charge in [0.05, 0.1) is 12.1 Å². The van der Waals surface area contributed by atoms with Crippen LogP contribution in [0.15, 0.2) is 73.1 Å². The SMILES string of the molecule is O=C(CCC(=O)N1CCC(Nc2ncnc3ccc(C(c4ccc(Cl)cc4)c4ccc(Cl)cc4)cc23)CC1)NCCO. The van der Waals surface area contributed by atoms with Crippen molar-refractivity contribution in [3.8, 4) is 0 Å². The van der Waals surface area contributed by atoms with Crippen LogP contribution in [-0.2, 0) is 9.59 Å². The molecule has 0 radical (unpaired) electrons. The summed E-state index contributed by atoms with van der Waals surface area (Å²) >= 11 is 12.4. The summed E-state index contributed by atoms with van der Waals surface area (Å²) in [6, 6.07) is 22.2. The van der Waals surface area contributed by atoms with E-state index in [4.69, 9.17) is 28.3 Å². The topological polar surface area (TPSA) is 107 Å². The molecule has 1 fully saturated rings. The highest BCUT2D eigenvalue weighted by Gasteiger charge is 2.24. The van der Waals surface area contributed by atoms with Gasteiger partial charge in [0.2, 0.25) is 11.8 Å². The number of anilines is 1. The number of fused-ring (bicyclic) bond motifs is 1. The molecule has 8 nitrogen and oxygen atoms in total. The second-order valence-corrected chi connectivity index (χ2v) is 11.3. The Balaban J connectivity index is 1.32. The number of rotatable bonds is 10. The van der Waals surface area contributed by atoms with Crippen LogP contribution in [0.1, 0.15) is 48.3 Å². The standard InChI is InChI=1S/C32H33Cl2N5O3/c33-24-6-1-21(2-7-24)31(22-3-8-25(34)9-4-22)23-5-10-28-27(19-23)32(37-20-36-28)38-26-13-16-39(17-14-26)30(42)12-11-29(41)35-15-18-40/h1-10,19-20,26,31,40H,11-18H2,(H,35,41)(H,36,37,38). The number of aromatic nitrogens is 2. The number of halogens is 2. The van der Waals surface area contributed by atoms with Crippen molar-refractivity contribution < 1.29 is 14.7 Å². The summed E-state index contributed by atoms with van der Waals surface area (Å²) in [5.41, 5.74) is 4.15. The third kappa shape index (κ3) is 7.37. The van der Waals surface area contributed by atoms with E-state index >= 15 is 0 Å². The lowest BCUT2D eigenvalue weighted by Gasteiger charge is -2.33. The summed E-state index contributed by atoms with van der Waals surface area (Å²) in [5, 5.41) is 17.3. The first-order valence-corrected chi connectivity index (χ1v) is 14.8. The second-order valence-electron chi connectivity index (χ2n) is 10.4. The third-order valence-electron chi connectivity index (χ3n) is 7.59. The van der Waals surface area contributed by atoms with E-state index in [1.807, 2.05) is 59.5 Å². The van der Waals surface area contributed by atoms with Crippen molar-refractivity contribution in [2.75, 3.05) is 31.6 Å². The molecule has 10 heteroatoms. The number of aliphatic hydroxyl groups is 1. The lowest BCUT2D eigenvalue weighted by molar-refractivity contribution is -0.134. The molecule has 218 valence electrons. The Kier molecular flexibility index (Phi) is 9.89. The van der Waals surface area contributed by atoms with Crippen LogP contribution >= 0.6 is 23.2 Å². The minimum Gasteiger partial charge on any atom is -0.395 e. The van der Waals surface area contributed by atoms with E-state index in [0.29, 0.717) is 23.1 Å². The highest BCUT2D eigenvalue weighted by Crippen LogP contribution is 2.35. The van der Waals surface area contributed by atoms with Crippen molar-refractivity contribution in [3.63, 3.8) is 0 Å². The molecule has 1 aliphatic rings. The van der Waals surface area contributed by atoms with Gasteiger partial charge in [0.25, 0.3) is 0 Å². The zero-order chi connectivity index (χ0) is 29.5. The quantitative estimate of drug-likeness (QED) is 0.209. The first kappa shape index (κ1) is 29.8. The van der Waals surface area contributed by atoms with Gasteiger partial charge >= 0.3 is 0 Å². The number of aliphatic hydroxyl groups excluding tert-OH is 1. The maximum atomic E-state index is 12.6. The van der Waals surface area contributed by atoms with E-state index in [-0.39, 0.29) is 49.8 Å². The van der Waals surface area contributed by atoms with E-state index in [0.717, 1.165) is 46.3 Å². The number of hydrogen-bond acceptors (Lipinski definition) is 6. The molecule has 4 aromatic rings. The van der Waals surface area contributed by atoms with Gasteiger partial charge in [-0.25, -0.2) is 9.97 Å². The average Bonchev–Trinajstić information content (AvgIpc) is 3.01. The maximum Gasteiger partial charge on any atom is 0.223 e. The van der Waals surface area contributed by atoms with Gasteiger partial charge in [-0.15, -0.1) is 0 Å². The minimum atomic E-state index is -0.224. The van der Waals surface area contributed by atoms with Crippen LogP contribution in [0.25, 0.3) is 10.9 Å². The number of likely N-dealkylation sites (tertiary alicyclic amines) is 1. The molecule has 0 spiro atoms. The predicted octanol–water partition coefficient (Wildman–Crippen LogP) is 5.41. The van der Waals surface area contributed by atoms with Crippen LogP contribution in [0.3, 0.4) is 0 Å². The zero-order valence-corrected chi connectivity index (χ0v) is 24.6. The van der Waals surface area contributed by atoms with Gasteiger partial charge in [0, 0.05) is 59.9 Å². The van der Waals surface area contributed by atoms with E-state index in [9.17, 15) is 9.59 Å². The molecule has 5 rings (SSSR count). The average molecular weight is 607 g/mol. The largest absolute Gasteiger partial charge is 0.395 e. The first-order valence-electron chi connectivity index (χ1n) is 14.1. The monoisotopic (exact) mass is 605 g/mol. The van der Waals surface area contributed by atoms with Crippen molar-refractivity contribution >= 4 is 51.7 Å². The summed E-state index contributed by atoms with van der Waals surface area (Å²) in [4.78, 5) is 35.3. The Labute approximate surface area is 255 Å². The number of nitrogens with zero attached hydrogens (tertiary/aromatic N) is 3. The summed E-state index contributed by atoms with van der Waals surface area (Å²) in [6.07, 6.45) is 3.40. The zero-order valence-electron chi connectivity index (χ0n) is 23.1. The predicted molar refractivity (Wildman–Crippen MR) is 166 cm³/mol. The normalized spacial score (nSPS) is 13.9. The molecule has 2 heterocycles.